The maximum atomic E-state index is 13.5. The van der Waals surface area contributed by atoms with E-state index in [9.17, 15) is 13.2 Å². The van der Waals surface area contributed by atoms with Gasteiger partial charge in [-0.3, -0.25) is 0 Å². The van der Waals surface area contributed by atoms with Crippen LogP contribution >= 0.6 is 23.4 Å². The minimum atomic E-state index is -1.55. The molecule has 2 aromatic carbocycles. The van der Waals surface area contributed by atoms with E-state index in [0.29, 0.717) is 10.8 Å². The van der Waals surface area contributed by atoms with E-state index in [1.807, 2.05) is 12.1 Å². The molecule has 21 heavy (non-hydrogen) atoms. The lowest BCUT2D eigenvalue weighted by Crippen LogP contribution is -1.90. The van der Waals surface area contributed by atoms with Crippen LogP contribution in [0.5, 0.6) is 0 Å². The van der Waals surface area contributed by atoms with Crippen LogP contribution in [0, 0.1) is 17.5 Å². The van der Waals surface area contributed by atoms with Crippen molar-refractivity contribution in [3.8, 4) is 0 Å². The van der Waals surface area contributed by atoms with Gasteiger partial charge in [0.1, 0.15) is 5.52 Å². The Bertz CT molecular complexity index is 804. The van der Waals surface area contributed by atoms with E-state index in [1.54, 1.807) is 12.1 Å². The molecule has 0 amide bonds. The lowest BCUT2D eigenvalue weighted by atomic mass is 10.2. The number of fused-ring (bicyclic) bond motifs is 1. The number of aromatic nitrogens is 1. The number of oxazole rings is 1. The number of benzene rings is 2. The Morgan fingerprint density at radius 3 is 2.52 bits per heavy atom. The summed E-state index contributed by atoms with van der Waals surface area (Å²) < 4.78 is 44.9. The summed E-state index contributed by atoms with van der Waals surface area (Å²) in [7, 11) is 0. The number of nitrogens with zero attached hydrogens (tertiary/aromatic N) is 1. The summed E-state index contributed by atoms with van der Waals surface area (Å²) in [5.74, 6) is -3.68. The third kappa shape index (κ3) is 2.87. The first-order chi connectivity index (χ1) is 10.0. The molecule has 0 aliphatic carbocycles. The van der Waals surface area contributed by atoms with Crippen LogP contribution < -0.4 is 0 Å². The first-order valence-corrected chi connectivity index (χ1v) is 7.22. The summed E-state index contributed by atoms with van der Waals surface area (Å²) in [5.41, 5.74) is 0.530. The molecule has 0 atom stereocenters. The minimum Gasteiger partial charge on any atom is -0.431 e. The Morgan fingerprint density at radius 2 is 1.81 bits per heavy atom. The Hall–Kier alpha value is -1.66. The van der Waals surface area contributed by atoms with Gasteiger partial charge in [0.2, 0.25) is 0 Å². The molecule has 0 saturated carbocycles. The van der Waals surface area contributed by atoms with Gasteiger partial charge in [0.15, 0.2) is 23.0 Å². The van der Waals surface area contributed by atoms with Crippen LogP contribution in [0.25, 0.3) is 11.1 Å². The van der Waals surface area contributed by atoms with Gasteiger partial charge in [0.05, 0.1) is 0 Å². The Labute approximate surface area is 126 Å². The van der Waals surface area contributed by atoms with Crippen LogP contribution in [-0.2, 0) is 5.75 Å². The highest BCUT2D eigenvalue weighted by Crippen LogP contribution is 2.29. The summed E-state index contributed by atoms with van der Waals surface area (Å²) in [4.78, 5) is 3.84. The second-order valence-corrected chi connectivity index (χ2v) is 5.59. The SMILES string of the molecule is Fc1cc2oc(SCc3ccc(Cl)cc3)nc2c(F)c1F. The normalized spacial score (nSPS) is 11.2. The van der Waals surface area contributed by atoms with Crippen LogP contribution in [0.4, 0.5) is 13.2 Å². The molecule has 0 N–H and O–H groups in total. The van der Waals surface area contributed by atoms with Crippen molar-refractivity contribution in [1.29, 1.82) is 0 Å². The first kappa shape index (κ1) is 14.3. The summed E-state index contributed by atoms with van der Waals surface area (Å²) in [6.07, 6.45) is 0. The summed E-state index contributed by atoms with van der Waals surface area (Å²) in [6.45, 7) is 0. The summed E-state index contributed by atoms with van der Waals surface area (Å²) >= 11 is 6.97. The van der Waals surface area contributed by atoms with Gasteiger partial charge in [0.25, 0.3) is 5.22 Å². The zero-order valence-corrected chi connectivity index (χ0v) is 11.9. The van der Waals surface area contributed by atoms with Gasteiger partial charge < -0.3 is 4.42 Å². The van der Waals surface area contributed by atoms with Crippen LogP contribution in [0.1, 0.15) is 5.56 Å². The molecule has 3 rings (SSSR count). The molecule has 2 nitrogen and oxygen atoms in total. The van der Waals surface area contributed by atoms with Crippen LogP contribution in [0.3, 0.4) is 0 Å². The van der Waals surface area contributed by atoms with Crippen molar-refractivity contribution in [1.82, 2.24) is 4.98 Å². The Kier molecular flexibility index (Phi) is 3.82. The second kappa shape index (κ2) is 5.61. The van der Waals surface area contributed by atoms with Gasteiger partial charge in [-0.05, 0) is 17.7 Å². The van der Waals surface area contributed by atoms with Crippen molar-refractivity contribution in [2.24, 2.45) is 0 Å². The lowest BCUT2D eigenvalue weighted by molar-refractivity contribution is 0.449. The van der Waals surface area contributed by atoms with Gasteiger partial charge in [0, 0.05) is 16.8 Å². The van der Waals surface area contributed by atoms with E-state index in [1.165, 1.54) is 11.8 Å². The van der Waals surface area contributed by atoms with Crippen LogP contribution in [0.15, 0.2) is 40.0 Å². The van der Waals surface area contributed by atoms with E-state index in [-0.39, 0.29) is 16.3 Å². The Balaban J connectivity index is 1.85. The van der Waals surface area contributed by atoms with E-state index < -0.39 is 17.5 Å². The zero-order chi connectivity index (χ0) is 15.0. The molecular weight excluding hydrogens is 323 g/mol. The van der Waals surface area contributed by atoms with E-state index in [4.69, 9.17) is 16.0 Å². The maximum Gasteiger partial charge on any atom is 0.257 e. The van der Waals surface area contributed by atoms with Gasteiger partial charge in [-0.25, -0.2) is 18.2 Å². The molecule has 0 unspecified atom stereocenters. The molecule has 1 aromatic heterocycles. The number of thioether (sulfide) groups is 1. The number of halogens is 4. The first-order valence-electron chi connectivity index (χ1n) is 5.86. The molecule has 7 heteroatoms. The standard InChI is InChI=1S/C14H7ClF3NOS/c15-8-3-1-7(2-4-8)6-21-14-19-13-10(20-14)5-9(16)11(17)12(13)18/h1-5H,6H2. The molecule has 108 valence electrons. The molecule has 3 aromatic rings. The van der Waals surface area contributed by atoms with Gasteiger partial charge in [-0.2, -0.15) is 0 Å². The lowest BCUT2D eigenvalue weighted by Gasteiger charge is -1.98. The van der Waals surface area contributed by atoms with Crippen molar-refractivity contribution in [2.75, 3.05) is 0 Å². The van der Waals surface area contributed by atoms with Gasteiger partial charge in [-0.15, -0.1) is 0 Å². The average molecular weight is 330 g/mol. The molecule has 0 aliphatic rings. The van der Waals surface area contributed by atoms with E-state index in [0.717, 1.165) is 11.6 Å². The maximum absolute atomic E-state index is 13.5. The highest BCUT2D eigenvalue weighted by molar-refractivity contribution is 7.98. The molecule has 0 radical (unpaired) electrons. The summed E-state index contributed by atoms with van der Waals surface area (Å²) in [6, 6.07) is 7.94. The Morgan fingerprint density at radius 1 is 1.10 bits per heavy atom. The van der Waals surface area contributed by atoms with Crippen LogP contribution in [0.2, 0.25) is 5.02 Å². The van der Waals surface area contributed by atoms with Crippen LogP contribution in [-0.4, -0.2) is 4.98 Å². The highest BCUT2D eigenvalue weighted by Gasteiger charge is 2.18. The fourth-order valence-electron chi connectivity index (χ4n) is 1.74. The third-order valence-electron chi connectivity index (χ3n) is 2.78. The third-order valence-corrected chi connectivity index (χ3v) is 3.93. The smallest absolute Gasteiger partial charge is 0.257 e. The molecule has 0 fully saturated rings. The second-order valence-electron chi connectivity index (χ2n) is 4.23. The number of hydrogen-bond acceptors (Lipinski definition) is 3. The van der Waals surface area contributed by atoms with Gasteiger partial charge in [-0.1, -0.05) is 35.5 Å². The predicted molar refractivity (Wildman–Crippen MR) is 74.9 cm³/mol. The van der Waals surface area contributed by atoms with Crippen molar-refractivity contribution >= 4 is 34.5 Å². The number of rotatable bonds is 3. The van der Waals surface area contributed by atoms with E-state index in [2.05, 4.69) is 4.98 Å². The molecule has 0 bridgehead atoms. The average Bonchev–Trinajstić information content (AvgIpc) is 2.87. The molecule has 1 heterocycles. The molecule has 0 saturated heterocycles. The fraction of sp³-hybridized carbons (Fsp3) is 0.0714. The summed E-state index contributed by atoms with van der Waals surface area (Å²) in [5, 5.41) is 0.766. The minimum absolute atomic E-state index is 0.120. The molecule has 0 spiro atoms. The van der Waals surface area contributed by atoms with Crippen molar-refractivity contribution in [3.05, 3.63) is 58.4 Å². The molecule has 0 aliphatic heterocycles. The number of hydrogen-bond donors (Lipinski definition) is 0. The zero-order valence-electron chi connectivity index (χ0n) is 10.4. The van der Waals surface area contributed by atoms with Crippen molar-refractivity contribution < 1.29 is 17.6 Å². The highest BCUT2D eigenvalue weighted by atomic mass is 35.5. The van der Waals surface area contributed by atoms with Crippen molar-refractivity contribution in [3.63, 3.8) is 0 Å². The quantitative estimate of drug-likeness (QED) is 0.488. The molecular formula is C14H7ClF3NOS. The topological polar surface area (TPSA) is 26.0 Å². The van der Waals surface area contributed by atoms with Crippen molar-refractivity contribution in [2.45, 2.75) is 11.0 Å². The predicted octanol–water partition coefficient (Wildman–Crippen LogP) is 5.19. The largest absolute Gasteiger partial charge is 0.431 e. The van der Waals surface area contributed by atoms with E-state index >= 15 is 0 Å². The van der Waals surface area contributed by atoms with Gasteiger partial charge >= 0.3 is 0 Å². The monoisotopic (exact) mass is 329 g/mol. The fourth-order valence-corrected chi connectivity index (χ4v) is 2.65.